The third kappa shape index (κ3) is 7.26. The highest BCUT2D eigenvalue weighted by atomic mass is 19.1. The minimum atomic E-state index is -0.727. The fourth-order valence-corrected chi connectivity index (χ4v) is 11.2. The highest BCUT2D eigenvalue weighted by Crippen LogP contribution is 2.54. The number of carbonyl (C=O) groups is 2. The molecule has 6 saturated heterocycles. The Labute approximate surface area is 352 Å². The molecule has 2 aromatic carbocycles. The average Bonchev–Trinajstić information content (AvgIpc) is 3.99. The van der Waals surface area contributed by atoms with Gasteiger partial charge in [0.2, 0.25) is 0 Å². The lowest BCUT2D eigenvalue weighted by Gasteiger charge is -2.58. The Balaban J connectivity index is 0.739. The van der Waals surface area contributed by atoms with Crippen molar-refractivity contribution >= 4 is 46.6 Å². The smallest absolute Gasteiger partial charge is 0.298 e. The molecule has 8 fully saturated rings. The van der Waals surface area contributed by atoms with E-state index in [1.807, 2.05) is 23.6 Å². The van der Waals surface area contributed by atoms with E-state index < -0.39 is 35.1 Å². The number of aryl methyl sites for hydroxylation is 2. The van der Waals surface area contributed by atoms with Crippen molar-refractivity contribution in [2.45, 2.75) is 72.1 Å². The number of halogens is 4. The van der Waals surface area contributed by atoms with Gasteiger partial charge in [0.1, 0.15) is 22.9 Å². The lowest BCUT2D eigenvalue weighted by atomic mass is 9.56. The van der Waals surface area contributed by atoms with E-state index in [9.17, 15) is 9.59 Å². The van der Waals surface area contributed by atoms with Crippen LogP contribution in [0.15, 0.2) is 33.1 Å². The lowest BCUT2D eigenvalue weighted by Crippen LogP contribution is -2.61. The van der Waals surface area contributed by atoms with E-state index in [2.05, 4.69) is 27.5 Å². The number of fused-ring (bicyclic) bond motifs is 4. The molecule has 2 saturated carbocycles. The van der Waals surface area contributed by atoms with Crippen molar-refractivity contribution in [2.24, 2.45) is 35.0 Å². The van der Waals surface area contributed by atoms with Crippen LogP contribution in [0.3, 0.4) is 0 Å². The van der Waals surface area contributed by atoms with Gasteiger partial charge in [0, 0.05) is 82.0 Å². The summed E-state index contributed by atoms with van der Waals surface area (Å²) in [7, 11) is 0. The van der Waals surface area contributed by atoms with Gasteiger partial charge in [0.05, 0.1) is 0 Å². The normalized spacial score (nSPS) is 24.9. The highest BCUT2D eigenvalue weighted by Gasteiger charge is 2.52. The van der Waals surface area contributed by atoms with Gasteiger partial charge in [-0.1, -0.05) is 20.8 Å². The zero-order chi connectivity index (χ0) is 42.3. The molecule has 2 amide bonds. The number of aromatic nitrogens is 2. The molecule has 0 spiro atoms. The number of amides is 2. The van der Waals surface area contributed by atoms with E-state index in [0.29, 0.717) is 93.4 Å². The van der Waals surface area contributed by atoms with E-state index in [1.54, 1.807) is 9.80 Å². The molecule has 2 aromatic heterocycles. The summed E-state index contributed by atoms with van der Waals surface area (Å²) in [6.07, 6.45) is 7.08. The number of hydrogen-bond acceptors (Lipinski definition) is 10. The fraction of sp³-hybridized carbons (Fsp3) is 0.556. The van der Waals surface area contributed by atoms with Crippen molar-refractivity contribution in [2.75, 3.05) is 82.6 Å². The monoisotopic (exact) mass is 844 g/mol. The van der Waals surface area contributed by atoms with E-state index in [1.165, 1.54) is 12.1 Å². The molecule has 2 atom stereocenters. The average molecular weight is 845 g/mol. The molecule has 8 heterocycles. The van der Waals surface area contributed by atoms with Crippen LogP contribution in [0.1, 0.15) is 91.8 Å². The van der Waals surface area contributed by atoms with Gasteiger partial charge in [-0.25, -0.2) is 17.6 Å². The molecule has 2 N–H and O–H groups in total. The van der Waals surface area contributed by atoms with Crippen molar-refractivity contribution in [3.63, 3.8) is 0 Å². The van der Waals surface area contributed by atoms with Crippen molar-refractivity contribution in [3.05, 3.63) is 70.4 Å². The molecule has 4 bridgehead atoms. The van der Waals surface area contributed by atoms with E-state index >= 15 is 17.6 Å². The Morgan fingerprint density at radius 3 is 1.57 bits per heavy atom. The minimum absolute atomic E-state index is 0.0171. The van der Waals surface area contributed by atoms with Gasteiger partial charge in [0.25, 0.3) is 23.8 Å². The van der Waals surface area contributed by atoms with Gasteiger partial charge in [-0.15, -0.1) is 0 Å². The van der Waals surface area contributed by atoms with E-state index in [-0.39, 0.29) is 51.4 Å². The third-order valence-corrected chi connectivity index (χ3v) is 14.2. The summed E-state index contributed by atoms with van der Waals surface area (Å²) in [6.45, 7) is 11.2. The number of anilines is 6. The van der Waals surface area contributed by atoms with Crippen LogP contribution in [-0.4, -0.2) is 74.1 Å². The molecular formula is C45H52F4N8O4. The highest BCUT2D eigenvalue weighted by molar-refractivity contribution is 6.04. The number of oxazole rings is 2. The van der Waals surface area contributed by atoms with Crippen LogP contribution in [0.2, 0.25) is 0 Å². The molecule has 0 radical (unpaired) electrons. The Hall–Kier alpha value is -5.28. The third-order valence-electron chi connectivity index (χ3n) is 14.2. The maximum Gasteiger partial charge on any atom is 0.298 e. The van der Waals surface area contributed by atoms with Crippen LogP contribution in [0, 0.1) is 58.3 Å². The van der Waals surface area contributed by atoms with Crippen molar-refractivity contribution < 1.29 is 36.0 Å². The first-order valence-electron chi connectivity index (χ1n) is 21.9. The lowest BCUT2D eigenvalue weighted by molar-refractivity contribution is -0.000189. The predicted octanol–water partition coefficient (Wildman–Crippen LogP) is 8.28. The van der Waals surface area contributed by atoms with Gasteiger partial charge in [0.15, 0.2) is 34.7 Å². The molecule has 6 aliphatic heterocycles. The Morgan fingerprint density at radius 1 is 0.672 bits per heavy atom. The molecule has 4 aromatic rings. The number of piperidine rings is 4. The summed E-state index contributed by atoms with van der Waals surface area (Å²) >= 11 is 0. The number of nitrogens with one attached hydrogen (secondary N) is 2. The summed E-state index contributed by atoms with van der Waals surface area (Å²) in [5, 5.41) is 5.26. The van der Waals surface area contributed by atoms with Crippen molar-refractivity contribution in [3.8, 4) is 0 Å². The van der Waals surface area contributed by atoms with Crippen LogP contribution in [0.5, 0.6) is 0 Å². The second-order valence-electron chi connectivity index (χ2n) is 18.7. The zero-order valence-corrected chi connectivity index (χ0v) is 34.8. The first-order chi connectivity index (χ1) is 29.3. The number of nitrogens with zero attached hydrogens (tertiary/aromatic N) is 6. The molecule has 2 unspecified atom stereocenters. The topological polar surface area (TPSA) is 123 Å². The maximum absolute atomic E-state index is 15.7. The second kappa shape index (κ2) is 15.3. The first kappa shape index (κ1) is 39.8. The first-order valence-corrected chi connectivity index (χ1v) is 21.9. The quantitative estimate of drug-likeness (QED) is 0.135. The summed E-state index contributed by atoms with van der Waals surface area (Å²) < 4.78 is 73.7. The molecule has 8 aliphatic rings. The molecule has 12 rings (SSSR count). The van der Waals surface area contributed by atoms with Crippen molar-refractivity contribution in [1.29, 1.82) is 0 Å². The Bertz CT molecular complexity index is 2300. The van der Waals surface area contributed by atoms with Gasteiger partial charge < -0.3 is 39.1 Å². The molecule has 16 heteroatoms. The van der Waals surface area contributed by atoms with E-state index in [0.717, 1.165) is 63.7 Å². The number of benzene rings is 2. The predicted molar refractivity (Wildman–Crippen MR) is 222 cm³/mol. The summed E-state index contributed by atoms with van der Waals surface area (Å²) in [5.41, 5.74) is 0.0850. The molecule has 324 valence electrons. The molecule has 12 nitrogen and oxygen atoms in total. The summed E-state index contributed by atoms with van der Waals surface area (Å²) in [5.74, 6) is -1.27. The van der Waals surface area contributed by atoms with Gasteiger partial charge in [-0.3, -0.25) is 9.59 Å². The van der Waals surface area contributed by atoms with Crippen LogP contribution in [0.4, 0.5) is 52.3 Å². The SMILES string of the molecule is CCc1oc(N2CCCC2)nc1C(=O)Nc1cc(F)c(N2CC3CC(C2)C3CC2(C)CN(c3nc(C(=O)Nc4cc(F)c(N5CC6CC(C6)C5)c(F)c4)c(CC)o3)C2)c(F)c1. The number of rotatable bonds is 12. The number of carbonyl (C=O) groups excluding carboxylic acids is 2. The molecule has 2 aliphatic carbocycles. The Kier molecular flexibility index (Phi) is 9.97. The van der Waals surface area contributed by atoms with Gasteiger partial charge in [-0.05, 0) is 92.4 Å². The minimum Gasteiger partial charge on any atom is -0.428 e. The fourth-order valence-electron chi connectivity index (χ4n) is 11.2. The van der Waals surface area contributed by atoms with Crippen molar-refractivity contribution in [1.82, 2.24) is 9.97 Å². The second-order valence-corrected chi connectivity index (χ2v) is 18.7. The van der Waals surface area contributed by atoms with E-state index in [4.69, 9.17) is 8.83 Å². The number of hydrogen-bond donors (Lipinski definition) is 2. The van der Waals surface area contributed by atoms with Gasteiger partial charge >= 0.3 is 0 Å². The zero-order valence-electron chi connectivity index (χ0n) is 34.8. The molecular weight excluding hydrogens is 793 g/mol. The van der Waals surface area contributed by atoms with Gasteiger partial charge in [-0.2, -0.15) is 9.97 Å². The summed E-state index contributed by atoms with van der Waals surface area (Å²) in [4.78, 5) is 43.1. The van der Waals surface area contributed by atoms with Crippen LogP contribution >= 0.6 is 0 Å². The standard InChI is InChI=1S/C45H52F4N8O4/c1-4-35-37(52-43(60-35)54-8-6-7-9-54)41(58)50-29-15-33(48)40(34(49)16-29)56-20-26-12-27(21-56)30(26)17-45(3)22-57(23-45)44-53-38(36(5-2)61-44)42(59)51-28-13-31(46)39(32(47)14-28)55-18-24-10-25(11-24)19-55/h13-16,24-27,30H,4-12,17-23H2,1-3H3,(H,50,58)(H,51,59). The van der Waals surface area contributed by atoms with Crippen LogP contribution in [0.25, 0.3) is 0 Å². The maximum atomic E-state index is 15.7. The molecule has 61 heavy (non-hydrogen) atoms. The largest absolute Gasteiger partial charge is 0.428 e. The van der Waals surface area contributed by atoms with Crippen LogP contribution < -0.4 is 30.2 Å². The summed E-state index contributed by atoms with van der Waals surface area (Å²) in [6, 6.07) is 5.39. The Morgan fingerprint density at radius 2 is 1.11 bits per heavy atom. The van der Waals surface area contributed by atoms with Crippen LogP contribution in [-0.2, 0) is 12.8 Å².